The van der Waals surface area contributed by atoms with Gasteiger partial charge in [-0.15, -0.1) is 0 Å². The van der Waals surface area contributed by atoms with Crippen LogP contribution in [-0.2, 0) is 6.42 Å². The van der Waals surface area contributed by atoms with Crippen molar-refractivity contribution in [1.82, 2.24) is 30.5 Å². The maximum Gasteiger partial charge on any atom is 0.319 e. The summed E-state index contributed by atoms with van der Waals surface area (Å²) in [6.07, 6.45) is 0.664. The van der Waals surface area contributed by atoms with E-state index in [0.717, 1.165) is 11.4 Å². The van der Waals surface area contributed by atoms with E-state index < -0.39 is 0 Å². The van der Waals surface area contributed by atoms with Crippen LogP contribution in [0.25, 0.3) is 0 Å². The van der Waals surface area contributed by atoms with Crippen molar-refractivity contribution in [1.29, 1.82) is 0 Å². The molecule has 2 amide bonds. The molecule has 5 N–H and O–H groups in total. The molecule has 0 aliphatic heterocycles. The molecule has 10 heteroatoms. The first-order valence-corrected chi connectivity index (χ1v) is 9.70. The van der Waals surface area contributed by atoms with Gasteiger partial charge in [-0.2, -0.15) is 20.1 Å². The van der Waals surface area contributed by atoms with Crippen LogP contribution in [0.5, 0.6) is 0 Å². The summed E-state index contributed by atoms with van der Waals surface area (Å²) >= 11 is 0. The summed E-state index contributed by atoms with van der Waals surface area (Å²) in [4.78, 5) is 25.2. The van der Waals surface area contributed by atoms with Gasteiger partial charge < -0.3 is 21.3 Å². The van der Waals surface area contributed by atoms with E-state index in [1.165, 1.54) is 0 Å². The molecule has 0 bridgehead atoms. The Hall–Kier alpha value is -3.69. The van der Waals surface area contributed by atoms with Crippen molar-refractivity contribution in [3.05, 3.63) is 41.9 Å². The number of nitrogens with zero attached hydrogens (tertiary/aromatic N) is 4. The van der Waals surface area contributed by atoms with Gasteiger partial charge in [0, 0.05) is 35.1 Å². The normalized spacial score (nSPS) is 11.1. The minimum absolute atomic E-state index is 0.252. The zero-order valence-corrected chi connectivity index (χ0v) is 17.8. The third-order valence-electron chi connectivity index (χ3n) is 3.83. The second-order valence-electron chi connectivity index (χ2n) is 7.85. The van der Waals surface area contributed by atoms with E-state index in [9.17, 15) is 4.79 Å². The molecule has 1 aromatic carbocycles. The average Bonchev–Trinajstić information content (AvgIpc) is 3.06. The van der Waals surface area contributed by atoms with Gasteiger partial charge in [-0.25, -0.2) is 4.79 Å². The van der Waals surface area contributed by atoms with E-state index in [2.05, 4.69) is 46.4 Å². The number of carbonyl (C=O) groups is 1. The number of aryl methyl sites for hydroxylation is 2. The molecule has 0 aliphatic rings. The van der Waals surface area contributed by atoms with Gasteiger partial charge in [0.25, 0.3) is 0 Å². The van der Waals surface area contributed by atoms with Gasteiger partial charge in [-0.05, 0) is 52.0 Å². The Morgan fingerprint density at radius 2 is 1.63 bits per heavy atom. The van der Waals surface area contributed by atoms with Crippen LogP contribution in [0.2, 0.25) is 0 Å². The van der Waals surface area contributed by atoms with Crippen molar-refractivity contribution in [3.8, 4) is 0 Å². The highest BCUT2D eigenvalue weighted by Gasteiger charge is 2.13. The Labute approximate surface area is 175 Å². The molecular formula is C20H27N9O. The van der Waals surface area contributed by atoms with E-state index in [4.69, 9.17) is 0 Å². The van der Waals surface area contributed by atoms with Crippen LogP contribution in [0, 0.1) is 6.92 Å². The number of amides is 2. The van der Waals surface area contributed by atoms with E-state index in [0.29, 0.717) is 35.6 Å². The fourth-order valence-electron chi connectivity index (χ4n) is 2.56. The van der Waals surface area contributed by atoms with Crippen LogP contribution < -0.4 is 21.3 Å². The highest BCUT2D eigenvalue weighted by atomic mass is 16.2. The summed E-state index contributed by atoms with van der Waals surface area (Å²) in [5, 5.41) is 18.9. The van der Waals surface area contributed by atoms with Gasteiger partial charge in [0.2, 0.25) is 11.9 Å². The number of H-pyrrole nitrogens is 1. The topological polar surface area (TPSA) is 133 Å². The van der Waals surface area contributed by atoms with Gasteiger partial charge >= 0.3 is 6.03 Å². The molecule has 0 saturated carbocycles. The summed E-state index contributed by atoms with van der Waals surface area (Å²) in [6.45, 7) is 9.67. The predicted molar refractivity (Wildman–Crippen MR) is 117 cm³/mol. The summed E-state index contributed by atoms with van der Waals surface area (Å²) in [5.41, 5.74) is 2.10. The number of rotatable bonds is 6. The number of urea groups is 1. The van der Waals surface area contributed by atoms with E-state index in [1.807, 2.05) is 52.8 Å². The van der Waals surface area contributed by atoms with Crippen LogP contribution in [0.4, 0.5) is 33.9 Å². The van der Waals surface area contributed by atoms with Crippen molar-refractivity contribution in [2.45, 2.75) is 46.6 Å². The fourth-order valence-corrected chi connectivity index (χ4v) is 2.56. The van der Waals surface area contributed by atoms with Crippen molar-refractivity contribution in [2.75, 3.05) is 16.0 Å². The number of aromatic amines is 1. The van der Waals surface area contributed by atoms with Crippen LogP contribution in [0.3, 0.4) is 0 Å². The first-order chi connectivity index (χ1) is 14.2. The van der Waals surface area contributed by atoms with E-state index >= 15 is 0 Å². The fraction of sp³-hybridized carbons (Fsp3) is 0.350. The van der Waals surface area contributed by atoms with Crippen molar-refractivity contribution in [3.63, 3.8) is 0 Å². The van der Waals surface area contributed by atoms with Gasteiger partial charge in [0.15, 0.2) is 5.82 Å². The summed E-state index contributed by atoms with van der Waals surface area (Å²) < 4.78 is 0. The molecule has 0 atom stereocenters. The number of anilines is 5. The lowest BCUT2D eigenvalue weighted by molar-refractivity contribution is 0.244. The van der Waals surface area contributed by atoms with Gasteiger partial charge in [-0.1, -0.05) is 6.92 Å². The summed E-state index contributed by atoms with van der Waals surface area (Å²) in [5.74, 6) is 2.12. The largest absolute Gasteiger partial charge is 0.333 e. The van der Waals surface area contributed by atoms with E-state index in [-0.39, 0.29) is 11.6 Å². The maximum atomic E-state index is 12.0. The van der Waals surface area contributed by atoms with Crippen molar-refractivity contribution in [2.24, 2.45) is 0 Å². The minimum atomic E-state index is -0.304. The molecule has 10 nitrogen and oxygen atoms in total. The molecule has 0 spiro atoms. The molecule has 2 heterocycles. The molecule has 0 fully saturated rings. The summed E-state index contributed by atoms with van der Waals surface area (Å²) in [6, 6.07) is 8.90. The molecule has 0 saturated heterocycles. The zero-order chi connectivity index (χ0) is 21.7. The molecule has 0 aliphatic carbocycles. The zero-order valence-electron chi connectivity index (χ0n) is 17.8. The van der Waals surface area contributed by atoms with Crippen LogP contribution in [0.1, 0.15) is 39.2 Å². The Morgan fingerprint density at radius 3 is 2.20 bits per heavy atom. The first-order valence-electron chi connectivity index (χ1n) is 9.70. The molecule has 0 unspecified atom stereocenters. The molecular weight excluding hydrogens is 382 g/mol. The lowest BCUT2D eigenvalue weighted by Gasteiger charge is -2.20. The molecule has 3 rings (SSSR count). The van der Waals surface area contributed by atoms with E-state index in [1.54, 1.807) is 12.1 Å². The van der Waals surface area contributed by atoms with Crippen molar-refractivity contribution < 1.29 is 4.79 Å². The summed E-state index contributed by atoms with van der Waals surface area (Å²) in [7, 11) is 0. The Bertz CT molecular complexity index is 1010. The second kappa shape index (κ2) is 8.76. The third-order valence-corrected chi connectivity index (χ3v) is 3.83. The highest BCUT2D eigenvalue weighted by Crippen LogP contribution is 2.19. The Morgan fingerprint density at radius 1 is 1.00 bits per heavy atom. The van der Waals surface area contributed by atoms with Gasteiger partial charge in [0.1, 0.15) is 5.82 Å². The average molecular weight is 409 g/mol. The number of hydrogen-bond acceptors (Lipinski definition) is 7. The SMILES string of the molecule is CCc1nc(Nc2ccc(NC(=O)NC(C)(C)C)cc2)nc(Nc2cc(C)[nH]n2)n1. The minimum Gasteiger partial charge on any atom is -0.333 e. The number of carbonyl (C=O) groups excluding carboxylic acids is 1. The van der Waals surface area contributed by atoms with Crippen molar-refractivity contribution >= 4 is 35.1 Å². The number of hydrogen-bond donors (Lipinski definition) is 5. The number of aromatic nitrogens is 5. The molecule has 0 radical (unpaired) electrons. The molecule has 2 aromatic heterocycles. The molecule has 30 heavy (non-hydrogen) atoms. The van der Waals surface area contributed by atoms with Gasteiger partial charge in [0.05, 0.1) is 0 Å². The van der Waals surface area contributed by atoms with Crippen LogP contribution in [-0.4, -0.2) is 36.7 Å². The second-order valence-corrected chi connectivity index (χ2v) is 7.85. The molecule has 3 aromatic rings. The number of benzene rings is 1. The standard InChI is InChI=1S/C20H27N9O/c1-6-15-23-17(26-18(24-15)25-16-11-12(2)28-29-16)21-13-7-9-14(10-8-13)22-19(30)27-20(3,4)5/h7-11H,6H2,1-5H3,(H2,22,27,30)(H3,21,23,24,25,26,28,29). The monoisotopic (exact) mass is 409 g/mol. The quantitative estimate of drug-likeness (QED) is 0.417. The Kier molecular flexibility index (Phi) is 6.14. The van der Waals surface area contributed by atoms with Crippen LogP contribution >= 0.6 is 0 Å². The van der Waals surface area contributed by atoms with Gasteiger partial charge in [-0.3, -0.25) is 5.10 Å². The number of nitrogens with one attached hydrogen (secondary N) is 5. The first kappa shape index (κ1) is 21.0. The third kappa shape index (κ3) is 6.16. The highest BCUT2D eigenvalue weighted by molar-refractivity contribution is 5.89. The lowest BCUT2D eigenvalue weighted by atomic mass is 10.1. The molecule has 158 valence electrons. The lowest BCUT2D eigenvalue weighted by Crippen LogP contribution is -2.43. The van der Waals surface area contributed by atoms with Crippen LogP contribution in [0.15, 0.2) is 30.3 Å². The maximum absolute atomic E-state index is 12.0. The Balaban J connectivity index is 1.69. The predicted octanol–water partition coefficient (Wildman–Crippen LogP) is 3.87. The smallest absolute Gasteiger partial charge is 0.319 e.